The van der Waals surface area contributed by atoms with E-state index in [0.29, 0.717) is 29.0 Å². The monoisotopic (exact) mass is 220 g/mol. The molecule has 0 aliphatic heterocycles. The maximum absolute atomic E-state index is 11.7. The van der Waals surface area contributed by atoms with E-state index in [9.17, 15) is 4.79 Å². The summed E-state index contributed by atoms with van der Waals surface area (Å²) in [6.45, 7) is 2.34. The molecule has 1 aromatic heterocycles. The van der Waals surface area contributed by atoms with Crippen LogP contribution in [0.25, 0.3) is 10.9 Å². The van der Waals surface area contributed by atoms with Gasteiger partial charge in [-0.3, -0.25) is 4.79 Å². The molecular weight excluding hydrogens is 208 g/mol. The first-order valence-electron chi connectivity index (χ1n) is 4.94. The molecule has 0 spiro atoms. The summed E-state index contributed by atoms with van der Waals surface area (Å²) < 4.78 is 10.5. The molecule has 5 heteroatoms. The molecule has 0 unspecified atom stereocenters. The van der Waals surface area contributed by atoms with Gasteiger partial charge >= 0.3 is 0 Å². The van der Waals surface area contributed by atoms with Crippen molar-refractivity contribution >= 4 is 10.9 Å². The van der Waals surface area contributed by atoms with Gasteiger partial charge in [0.25, 0.3) is 5.56 Å². The van der Waals surface area contributed by atoms with E-state index < -0.39 is 0 Å². The quantitative estimate of drug-likeness (QED) is 0.847. The van der Waals surface area contributed by atoms with E-state index in [2.05, 4.69) is 9.97 Å². The van der Waals surface area contributed by atoms with E-state index in [0.717, 1.165) is 0 Å². The van der Waals surface area contributed by atoms with Gasteiger partial charge in [-0.15, -0.1) is 0 Å². The number of H-pyrrole nitrogens is 1. The van der Waals surface area contributed by atoms with Crippen LogP contribution in [0.4, 0.5) is 0 Å². The number of fused-ring (bicyclic) bond motifs is 1. The second-order valence-electron chi connectivity index (χ2n) is 3.18. The molecule has 0 atom stereocenters. The number of aromatic nitrogens is 2. The Morgan fingerprint density at radius 1 is 1.44 bits per heavy atom. The highest BCUT2D eigenvalue weighted by molar-refractivity contribution is 5.85. The van der Waals surface area contributed by atoms with E-state index >= 15 is 0 Å². The first kappa shape index (κ1) is 10.5. The summed E-state index contributed by atoms with van der Waals surface area (Å²) in [6.07, 6.45) is 1.36. The minimum Gasteiger partial charge on any atom is -0.497 e. The molecule has 5 nitrogen and oxygen atoms in total. The lowest BCUT2D eigenvalue weighted by atomic mass is 10.2. The van der Waals surface area contributed by atoms with Gasteiger partial charge in [-0.05, 0) is 6.92 Å². The largest absolute Gasteiger partial charge is 0.497 e. The van der Waals surface area contributed by atoms with Crippen molar-refractivity contribution in [2.24, 2.45) is 0 Å². The van der Waals surface area contributed by atoms with Gasteiger partial charge in [0.2, 0.25) is 0 Å². The van der Waals surface area contributed by atoms with Crippen molar-refractivity contribution in [3.63, 3.8) is 0 Å². The molecule has 0 amide bonds. The Labute approximate surface area is 92.0 Å². The lowest BCUT2D eigenvalue weighted by molar-refractivity contribution is 0.340. The highest BCUT2D eigenvalue weighted by Crippen LogP contribution is 2.27. The van der Waals surface area contributed by atoms with E-state index in [-0.39, 0.29) is 5.56 Å². The standard InChI is InChI=1S/C11H12N2O3/c1-3-16-9-5-7(15-2)4-8-10(9)11(14)13-6-12-8/h4-6H,3H2,1-2H3,(H,12,13,14). The normalized spacial score (nSPS) is 10.4. The van der Waals surface area contributed by atoms with Gasteiger partial charge in [0.05, 0.1) is 25.6 Å². The van der Waals surface area contributed by atoms with Crippen molar-refractivity contribution in [1.29, 1.82) is 0 Å². The van der Waals surface area contributed by atoms with Crippen molar-refractivity contribution in [2.45, 2.75) is 6.92 Å². The zero-order chi connectivity index (χ0) is 11.5. The minimum absolute atomic E-state index is 0.212. The molecule has 0 aliphatic carbocycles. The molecule has 2 aromatic rings. The minimum atomic E-state index is -0.212. The number of nitrogens with zero attached hydrogens (tertiary/aromatic N) is 1. The molecule has 0 bridgehead atoms. The number of hydrogen-bond donors (Lipinski definition) is 1. The zero-order valence-electron chi connectivity index (χ0n) is 9.11. The Morgan fingerprint density at radius 2 is 2.25 bits per heavy atom. The van der Waals surface area contributed by atoms with Crippen LogP contribution in [0.3, 0.4) is 0 Å². The topological polar surface area (TPSA) is 64.2 Å². The number of rotatable bonds is 3. The predicted molar refractivity (Wildman–Crippen MR) is 60.1 cm³/mol. The van der Waals surface area contributed by atoms with Crippen molar-refractivity contribution < 1.29 is 9.47 Å². The third-order valence-electron chi connectivity index (χ3n) is 2.22. The molecule has 84 valence electrons. The second-order valence-corrected chi connectivity index (χ2v) is 3.18. The highest BCUT2D eigenvalue weighted by Gasteiger charge is 2.09. The van der Waals surface area contributed by atoms with Crippen LogP contribution in [-0.2, 0) is 0 Å². The summed E-state index contributed by atoms with van der Waals surface area (Å²) in [5.41, 5.74) is 0.350. The molecule has 16 heavy (non-hydrogen) atoms. The first-order valence-corrected chi connectivity index (χ1v) is 4.94. The fourth-order valence-electron chi connectivity index (χ4n) is 1.53. The maximum Gasteiger partial charge on any atom is 0.262 e. The number of methoxy groups -OCH3 is 1. The summed E-state index contributed by atoms with van der Waals surface area (Å²) in [5.74, 6) is 1.11. The fraction of sp³-hybridized carbons (Fsp3) is 0.273. The fourth-order valence-corrected chi connectivity index (χ4v) is 1.53. The zero-order valence-corrected chi connectivity index (χ0v) is 9.11. The smallest absolute Gasteiger partial charge is 0.262 e. The summed E-state index contributed by atoms with van der Waals surface area (Å²) in [5, 5.41) is 0.449. The van der Waals surface area contributed by atoms with Gasteiger partial charge in [-0.1, -0.05) is 0 Å². The number of nitrogens with one attached hydrogen (secondary N) is 1. The molecule has 0 aliphatic rings. The Bertz CT molecular complexity index is 563. The molecule has 1 heterocycles. The third kappa shape index (κ3) is 1.71. The summed E-state index contributed by atoms with van der Waals surface area (Å²) >= 11 is 0. The van der Waals surface area contributed by atoms with Gasteiger partial charge in [0.15, 0.2) is 0 Å². The average molecular weight is 220 g/mol. The molecule has 2 rings (SSSR count). The summed E-state index contributed by atoms with van der Waals surface area (Å²) in [4.78, 5) is 18.3. The molecule has 1 N–H and O–H groups in total. The van der Waals surface area contributed by atoms with Crippen LogP contribution < -0.4 is 15.0 Å². The molecule has 0 fully saturated rings. The Balaban J connectivity index is 2.77. The van der Waals surface area contributed by atoms with Crippen LogP contribution in [0.2, 0.25) is 0 Å². The van der Waals surface area contributed by atoms with Crippen LogP contribution in [0.5, 0.6) is 11.5 Å². The summed E-state index contributed by atoms with van der Waals surface area (Å²) in [6, 6.07) is 3.38. The van der Waals surface area contributed by atoms with Crippen LogP contribution in [-0.4, -0.2) is 23.7 Å². The first-order chi connectivity index (χ1) is 7.76. The third-order valence-corrected chi connectivity index (χ3v) is 2.22. The highest BCUT2D eigenvalue weighted by atomic mass is 16.5. The van der Waals surface area contributed by atoms with Crippen molar-refractivity contribution in [3.8, 4) is 11.5 Å². The maximum atomic E-state index is 11.7. The number of aromatic amines is 1. The van der Waals surface area contributed by atoms with Crippen molar-refractivity contribution in [3.05, 3.63) is 28.8 Å². The van der Waals surface area contributed by atoms with Gasteiger partial charge in [0.1, 0.15) is 16.9 Å². The number of benzene rings is 1. The Morgan fingerprint density at radius 3 is 2.94 bits per heavy atom. The van der Waals surface area contributed by atoms with E-state index in [4.69, 9.17) is 9.47 Å². The summed E-state index contributed by atoms with van der Waals surface area (Å²) in [7, 11) is 1.56. The molecule has 1 aromatic carbocycles. The van der Waals surface area contributed by atoms with Gasteiger partial charge in [0, 0.05) is 12.1 Å². The molecule has 0 saturated heterocycles. The number of ether oxygens (including phenoxy) is 2. The second kappa shape index (κ2) is 4.22. The lowest BCUT2D eigenvalue weighted by Crippen LogP contribution is -2.08. The van der Waals surface area contributed by atoms with Crippen LogP contribution >= 0.6 is 0 Å². The van der Waals surface area contributed by atoms with E-state index in [1.165, 1.54) is 6.33 Å². The van der Waals surface area contributed by atoms with Crippen molar-refractivity contribution in [1.82, 2.24) is 9.97 Å². The SMILES string of the molecule is CCOc1cc(OC)cc2nc[nH]c(=O)c12. The van der Waals surface area contributed by atoms with Gasteiger partial charge < -0.3 is 14.5 Å². The molecule has 0 saturated carbocycles. The van der Waals surface area contributed by atoms with E-state index in [1.54, 1.807) is 19.2 Å². The number of hydrogen-bond acceptors (Lipinski definition) is 4. The van der Waals surface area contributed by atoms with Gasteiger partial charge in [-0.2, -0.15) is 0 Å². The van der Waals surface area contributed by atoms with Crippen LogP contribution in [0, 0.1) is 0 Å². The van der Waals surface area contributed by atoms with Crippen molar-refractivity contribution in [2.75, 3.05) is 13.7 Å². The van der Waals surface area contributed by atoms with Crippen LogP contribution in [0.15, 0.2) is 23.3 Å². The predicted octanol–water partition coefficient (Wildman–Crippen LogP) is 1.33. The Hall–Kier alpha value is -2.04. The molecular formula is C11H12N2O3. The van der Waals surface area contributed by atoms with E-state index in [1.807, 2.05) is 6.92 Å². The Kier molecular flexibility index (Phi) is 2.76. The molecule has 0 radical (unpaired) electrons. The lowest BCUT2D eigenvalue weighted by Gasteiger charge is -2.08. The van der Waals surface area contributed by atoms with Gasteiger partial charge in [-0.25, -0.2) is 4.98 Å². The average Bonchev–Trinajstić information content (AvgIpc) is 2.29. The van der Waals surface area contributed by atoms with Crippen LogP contribution in [0.1, 0.15) is 6.92 Å².